The lowest BCUT2D eigenvalue weighted by Crippen LogP contribution is -2.24. The van der Waals surface area contributed by atoms with E-state index in [4.69, 9.17) is 0 Å². The van der Waals surface area contributed by atoms with Crippen LogP contribution >= 0.6 is 11.8 Å². The van der Waals surface area contributed by atoms with Gasteiger partial charge in [-0.15, -0.1) is 0 Å². The molecule has 0 atom stereocenters. The van der Waals surface area contributed by atoms with Gasteiger partial charge in [-0.2, -0.15) is 11.8 Å². The zero-order chi connectivity index (χ0) is 12.0. The van der Waals surface area contributed by atoms with Crippen LogP contribution in [0.5, 0.6) is 0 Å². The molecular weight excluding hydrogens is 214 g/mol. The number of benzene rings is 1. The van der Waals surface area contributed by atoms with Crippen molar-refractivity contribution < 1.29 is 0 Å². The van der Waals surface area contributed by atoms with E-state index in [1.807, 2.05) is 11.8 Å². The molecule has 0 heterocycles. The van der Waals surface area contributed by atoms with Crippen molar-refractivity contribution in [2.75, 3.05) is 12.3 Å². The van der Waals surface area contributed by atoms with Gasteiger partial charge in [0.2, 0.25) is 0 Å². The Hall–Kier alpha value is -0.470. The van der Waals surface area contributed by atoms with Gasteiger partial charge in [-0.25, -0.2) is 0 Å². The van der Waals surface area contributed by atoms with E-state index >= 15 is 0 Å². The monoisotopic (exact) mass is 237 g/mol. The summed E-state index contributed by atoms with van der Waals surface area (Å²) in [6, 6.07) is 7.40. The quantitative estimate of drug-likeness (QED) is 0.760. The van der Waals surface area contributed by atoms with E-state index in [0.29, 0.717) is 6.04 Å². The number of nitrogens with one attached hydrogen (secondary N) is 1. The highest BCUT2D eigenvalue weighted by Crippen LogP contribution is 2.15. The van der Waals surface area contributed by atoms with Crippen LogP contribution in [0.4, 0.5) is 0 Å². The lowest BCUT2D eigenvalue weighted by atomic mass is 10.1. The van der Waals surface area contributed by atoms with Crippen LogP contribution in [0.25, 0.3) is 0 Å². The van der Waals surface area contributed by atoms with Crippen LogP contribution in [-0.4, -0.2) is 18.3 Å². The smallest absolute Gasteiger partial charge is 0.0185 e. The second-order valence-corrected chi connectivity index (χ2v) is 5.76. The molecule has 1 N–H and O–H groups in total. The van der Waals surface area contributed by atoms with Crippen LogP contribution in [0.1, 0.15) is 30.5 Å². The molecule has 0 aliphatic rings. The van der Waals surface area contributed by atoms with Crippen molar-refractivity contribution in [2.45, 2.75) is 39.5 Å². The second kappa shape index (κ2) is 6.97. The topological polar surface area (TPSA) is 12.0 Å². The van der Waals surface area contributed by atoms with Gasteiger partial charge in [0.25, 0.3) is 0 Å². The molecule has 0 radical (unpaired) electrons. The number of thioether (sulfide) groups is 1. The van der Waals surface area contributed by atoms with Gasteiger partial charge in [-0.05, 0) is 19.4 Å². The van der Waals surface area contributed by atoms with Crippen LogP contribution in [-0.2, 0) is 5.75 Å². The Bertz CT molecular complexity index is 300. The van der Waals surface area contributed by atoms with Gasteiger partial charge < -0.3 is 5.32 Å². The van der Waals surface area contributed by atoms with E-state index < -0.39 is 0 Å². The SMILES string of the molecule is Cc1cc(C)cc(CSCCNC(C)C)c1. The van der Waals surface area contributed by atoms with Crippen molar-refractivity contribution in [3.05, 3.63) is 34.9 Å². The highest BCUT2D eigenvalue weighted by Gasteiger charge is 1.97. The van der Waals surface area contributed by atoms with Gasteiger partial charge in [-0.3, -0.25) is 0 Å². The Morgan fingerprint density at radius 2 is 1.75 bits per heavy atom. The summed E-state index contributed by atoms with van der Waals surface area (Å²) in [5.74, 6) is 2.31. The normalized spacial score (nSPS) is 11.1. The van der Waals surface area contributed by atoms with Crippen molar-refractivity contribution in [1.82, 2.24) is 5.32 Å². The van der Waals surface area contributed by atoms with Crippen LogP contribution < -0.4 is 5.32 Å². The Balaban J connectivity index is 2.26. The van der Waals surface area contributed by atoms with Crippen molar-refractivity contribution in [3.8, 4) is 0 Å². The van der Waals surface area contributed by atoms with Crippen molar-refractivity contribution in [2.24, 2.45) is 0 Å². The lowest BCUT2D eigenvalue weighted by molar-refractivity contribution is 0.616. The lowest BCUT2D eigenvalue weighted by Gasteiger charge is -2.08. The van der Waals surface area contributed by atoms with E-state index in [1.54, 1.807) is 0 Å². The summed E-state index contributed by atoms with van der Waals surface area (Å²) >= 11 is 2.00. The average molecular weight is 237 g/mol. The Kier molecular flexibility index (Phi) is 5.93. The van der Waals surface area contributed by atoms with E-state index in [0.717, 1.165) is 12.3 Å². The van der Waals surface area contributed by atoms with Gasteiger partial charge >= 0.3 is 0 Å². The fourth-order valence-corrected chi connectivity index (χ4v) is 2.57. The molecule has 0 bridgehead atoms. The molecule has 1 nitrogen and oxygen atoms in total. The van der Waals surface area contributed by atoms with Gasteiger partial charge in [0, 0.05) is 24.1 Å². The van der Waals surface area contributed by atoms with Gasteiger partial charge in [0.05, 0.1) is 0 Å². The van der Waals surface area contributed by atoms with Crippen molar-refractivity contribution in [1.29, 1.82) is 0 Å². The molecule has 0 saturated heterocycles. The van der Waals surface area contributed by atoms with Gasteiger partial charge in [-0.1, -0.05) is 43.2 Å². The first-order chi connectivity index (χ1) is 7.58. The molecule has 0 amide bonds. The van der Waals surface area contributed by atoms with Gasteiger partial charge in [0.15, 0.2) is 0 Å². The number of aryl methyl sites for hydroxylation is 2. The third-order valence-electron chi connectivity index (χ3n) is 2.35. The van der Waals surface area contributed by atoms with E-state index in [1.165, 1.54) is 22.4 Å². The van der Waals surface area contributed by atoms with Crippen LogP contribution in [0.15, 0.2) is 18.2 Å². The third-order valence-corrected chi connectivity index (χ3v) is 3.38. The van der Waals surface area contributed by atoms with Crippen molar-refractivity contribution in [3.63, 3.8) is 0 Å². The Labute approximate surface area is 104 Å². The van der Waals surface area contributed by atoms with Gasteiger partial charge in [0.1, 0.15) is 0 Å². The summed E-state index contributed by atoms with van der Waals surface area (Å²) in [4.78, 5) is 0. The number of hydrogen-bond donors (Lipinski definition) is 1. The maximum absolute atomic E-state index is 3.43. The molecule has 0 aliphatic heterocycles. The predicted octanol–water partition coefficient (Wildman–Crippen LogP) is 3.53. The maximum Gasteiger partial charge on any atom is 0.0185 e. The van der Waals surface area contributed by atoms with Crippen molar-refractivity contribution >= 4 is 11.8 Å². The molecule has 1 aromatic rings. The first-order valence-corrected chi connectivity index (χ1v) is 7.11. The fourth-order valence-electron chi connectivity index (χ4n) is 1.76. The van der Waals surface area contributed by atoms with Crippen LogP contribution in [0.3, 0.4) is 0 Å². The first-order valence-electron chi connectivity index (χ1n) is 5.96. The summed E-state index contributed by atoms with van der Waals surface area (Å²) in [6.45, 7) is 9.82. The van der Waals surface area contributed by atoms with E-state index in [9.17, 15) is 0 Å². The zero-order valence-electron chi connectivity index (χ0n) is 10.8. The van der Waals surface area contributed by atoms with Crippen LogP contribution in [0, 0.1) is 13.8 Å². The molecule has 0 aromatic heterocycles. The molecular formula is C14H23NS. The minimum atomic E-state index is 0.599. The summed E-state index contributed by atoms with van der Waals surface area (Å²) in [7, 11) is 0. The number of hydrogen-bond acceptors (Lipinski definition) is 2. The highest BCUT2D eigenvalue weighted by molar-refractivity contribution is 7.98. The molecule has 1 rings (SSSR count). The second-order valence-electron chi connectivity index (χ2n) is 4.66. The summed E-state index contributed by atoms with van der Waals surface area (Å²) in [5, 5.41) is 3.43. The molecule has 90 valence electrons. The Morgan fingerprint density at radius 3 is 2.31 bits per heavy atom. The van der Waals surface area contributed by atoms with Crippen LogP contribution in [0.2, 0.25) is 0 Å². The highest BCUT2D eigenvalue weighted by atomic mass is 32.2. The maximum atomic E-state index is 3.43. The largest absolute Gasteiger partial charge is 0.314 e. The molecule has 16 heavy (non-hydrogen) atoms. The minimum Gasteiger partial charge on any atom is -0.314 e. The molecule has 0 unspecified atom stereocenters. The third kappa shape index (κ3) is 5.57. The molecule has 0 aliphatic carbocycles. The molecule has 0 spiro atoms. The predicted molar refractivity (Wildman–Crippen MR) is 75.2 cm³/mol. The zero-order valence-corrected chi connectivity index (χ0v) is 11.7. The van der Waals surface area contributed by atoms with E-state index in [-0.39, 0.29) is 0 Å². The Morgan fingerprint density at radius 1 is 1.12 bits per heavy atom. The molecule has 2 heteroatoms. The standard InChI is InChI=1S/C14H23NS/c1-11(2)15-5-6-16-10-14-8-12(3)7-13(4)9-14/h7-9,11,15H,5-6,10H2,1-4H3. The minimum absolute atomic E-state index is 0.599. The summed E-state index contributed by atoms with van der Waals surface area (Å²) in [6.07, 6.45) is 0. The summed E-state index contributed by atoms with van der Waals surface area (Å²) in [5.41, 5.74) is 4.19. The number of rotatable bonds is 6. The van der Waals surface area contributed by atoms with E-state index in [2.05, 4.69) is 51.2 Å². The molecule has 1 aromatic carbocycles. The summed E-state index contributed by atoms with van der Waals surface area (Å²) < 4.78 is 0. The molecule has 0 saturated carbocycles. The first kappa shape index (κ1) is 13.6. The fraction of sp³-hybridized carbons (Fsp3) is 0.571. The average Bonchev–Trinajstić information content (AvgIpc) is 2.15. The molecule has 0 fully saturated rings.